The van der Waals surface area contributed by atoms with Crippen LogP contribution in [-0.4, -0.2) is 34.9 Å². The van der Waals surface area contributed by atoms with E-state index in [2.05, 4.69) is 32.0 Å². The number of nitrogens with one attached hydrogen (secondary N) is 4. The summed E-state index contributed by atoms with van der Waals surface area (Å²) in [6.45, 7) is 0.707. The number of carbonyl (C=O) groups excluding carboxylic acids is 2. The number of rotatable bonds is 4. The van der Waals surface area contributed by atoms with Crippen LogP contribution in [0.2, 0.25) is 0 Å². The van der Waals surface area contributed by atoms with Gasteiger partial charge in [0, 0.05) is 29.8 Å². The van der Waals surface area contributed by atoms with Crippen molar-refractivity contribution in [1.82, 2.24) is 15.3 Å². The normalized spacial score (nSPS) is 13.0. The van der Waals surface area contributed by atoms with Crippen LogP contribution in [0.25, 0.3) is 10.9 Å². The molecule has 0 saturated heterocycles. The monoisotopic (exact) mass is 335 g/mol. The molecule has 1 aromatic carbocycles. The summed E-state index contributed by atoms with van der Waals surface area (Å²) in [5.41, 5.74) is 3.20. The fraction of sp³-hybridized carbons (Fsp3) is 0.167. The number of aromatic nitrogens is 2. The Kier molecular flexibility index (Phi) is 3.81. The lowest BCUT2D eigenvalue weighted by Gasteiger charge is -2.18. The third-order valence-corrected chi connectivity index (χ3v) is 4.20. The van der Waals surface area contributed by atoms with E-state index < -0.39 is 0 Å². The van der Waals surface area contributed by atoms with Crippen molar-refractivity contribution in [2.75, 3.05) is 23.7 Å². The highest BCUT2D eigenvalue weighted by atomic mass is 16.2. The number of nitrogens with zero attached hydrogens (tertiary/aromatic N) is 1. The second-order valence-electron chi connectivity index (χ2n) is 5.89. The Bertz CT molecular complexity index is 963. The number of amides is 2. The van der Waals surface area contributed by atoms with Gasteiger partial charge in [0.15, 0.2) is 0 Å². The Morgan fingerprint density at radius 2 is 2.16 bits per heavy atom. The molecule has 4 N–H and O–H groups in total. The molecule has 4 rings (SSSR count). The maximum absolute atomic E-state index is 12.3. The highest BCUT2D eigenvalue weighted by Crippen LogP contribution is 2.23. The van der Waals surface area contributed by atoms with Gasteiger partial charge in [-0.3, -0.25) is 9.59 Å². The number of hydrogen-bond acceptors (Lipinski definition) is 4. The Hall–Kier alpha value is -3.35. The zero-order chi connectivity index (χ0) is 17.2. The molecule has 7 nitrogen and oxygen atoms in total. The van der Waals surface area contributed by atoms with Crippen molar-refractivity contribution in [3.8, 4) is 0 Å². The molecular weight excluding hydrogens is 318 g/mol. The lowest BCUT2D eigenvalue weighted by Crippen LogP contribution is -2.29. The van der Waals surface area contributed by atoms with Crippen LogP contribution in [0.1, 0.15) is 15.9 Å². The summed E-state index contributed by atoms with van der Waals surface area (Å²) in [7, 11) is 0. The van der Waals surface area contributed by atoms with Crippen molar-refractivity contribution < 1.29 is 9.59 Å². The summed E-state index contributed by atoms with van der Waals surface area (Å²) >= 11 is 0. The van der Waals surface area contributed by atoms with Crippen molar-refractivity contribution in [3.05, 3.63) is 53.9 Å². The molecule has 2 amide bonds. The minimum atomic E-state index is -0.213. The SMILES string of the molecule is O=C1CNc2ncc(C(=O)NCCc3c[nH]c4ccccc34)cc2N1. The first kappa shape index (κ1) is 15.2. The molecule has 0 atom stereocenters. The van der Waals surface area contributed by atoms with E-state index in [4.69, 9.17) is 0 Å². The summed E-state index contributed by atoms with van der Waals surface area (Å²) in [4.78, 5) is 31.1. The third-order valence-electron chi connectivity index (χ3n) is 4.20. The van der Waals surface area contributed by atoms with Gasteiger partial charge in [-0.05, 0) is 24.1 Å². The predicted molar refractivity (Wildman–Crippen MR) is 95.7 cm³/mol. The van der Waals surface area contributed by atoms with Gasteiger partial charge in [0.1, 0.15) is 5.82 Å². The first-order valence-electron chi connectivity index (χ1n) is 8.07. The Balaban J connectivity index is 1.41. The molecule has 1 aliphatic rings. The molecule has 3 heterocycles. The number of aromatic amines is 1. The molecule has 25 heavy (non-hydrogen) atoms. The van der Waals surface area contributed by atoms with E-state index >= 15 is 0 Å². The summed E-state index contributed by atoms with van der Waals surface area (Å²) < 4.78 is 0. The molecule has 0 spiro atoms. The summed E-state index contributed by atoms with van der Waals surface area (Å²) in [5.74, 6) is 0.219. The molecule has 0 fully saturated rings. The summed E-state index contributed by atoms with van der Waals surface area (Å²) in [6, 6.07) is 9.71. The molecule has 0 unspecified atom stereocenters. The molecule has 0 saturated carbocycles. The predicted octanol–water partition coefficient (Wildman–Crippen LogP) is 1.90. The van der Waals surface area contributed by atoms with Crippen LogP contribution in [-0.2, 0) is 11.2 Å². The fourth-order valence-corrected chi connectivity index (χ4v) is 2.93. The summed E-state index contributed by atoms with van der Waals surface area (Å²) in [5, 5.41) is 9.67. The van der Waals surface area contributed by atoms with Crippen LogP contribution < -0.4 is 16.0 Å². The van der Waals surface area contributed by atoms with Crippen molar-refractivity contribution in [1.29, 1.82) is 0 Å². The highest BCUT2D eigenvalue weighted by molar-refractivity contribution is 6.02. The van der Waals surface area contributed by atoms with Gasteiger partial charge in [0.2, 0.25) is 5.91 Å². The molecule has 0 radical (unpaired) electrons. The topological polar surface area (TPSA) is 98.9 Å². The van der Waals surface area contributed by atoms with Crippen molar-refractivity contribution in [2.45, 2.75) is 6.42 Å². The van der Waals surface area contributed by atoms with Crippen LogP contribution in [0.5, 0.6) is 0 Å². The number of anilines is 2. The molecule has 3 aromatic rings. The molecule has 2 aromatic heterocycles. The van der Waals surface area contributed by atoms with E-state index in [-0.39, 0.29) is 18.4 Å². The zero-order valence-corrected chi connectivity index (χ0v) is 13.4. The van der Waals surface area contributed by atoms with Crippen molar-refractivity contribution >= 4 is 34.2 Å². The quantitative estimate of drug-likeness (QED) is 0.585. The van der Waals surface area contributed by atoms with Crippen LogP contribution in [0.15, 0.2) is 42.7 Å². The number of benzene rings is 1. The number of fused-ring (bicyclic) bond motifs is 2. The van der Waals surface area contributed by atoms with Crippen LogP contribution in [0.3, 0.4) is 0 Å². The van der Waals surface area contributed by atoms with Crippen LogP contribution in [0, 0.1) is 0 Å². The number of hydrogen-bond donors (Lipinski definition) is 4. The zero-order valence-electron chi connectivity index (χ0n) is 13.4. The number of H-pyrrole nitrogens is 1. The van der Waals surface area contributed by atoms with Crippen molar-refractivity contribution in [3.63, 3.8) is 0 Å². The molecule has 1 aliphatic heterocycles. The first-order chi connectivity index (χ1) is 12.2. The minimum Gasteiger partial charge on any atom is -0.361 e. The lowest BCUT2D eigenvalue weighted by atomic mass is 10.1. The Labute approximate surface area is 143 Å². The van der Waals surface area contributed by atoms with E-state index in [0.29, 0.717) is 23.6 Å². The molecule has 126 valence electrons. The molecular formula is C18H17N5O2. The second kappa shape index (κ2) is 6.27. The van der Waals surface area contributed by atoms with Gasteiger partial charge in [-0.2, -0.15) is 0 Å². The van der Waals surface area contributed by atoms with Crippen LogP contribution >= 0.6 is 0 Å². The standard InChI is InChI=1S/C18H17N5O2/c24-16-10-22-17-15(23-16)7-12(9-21-17)18(25)19-6-5-11-8-20-14-4-2-1-3-13(11)14/h1-4,7-9,20H,5-6,10H2,(H,19,25)(H,21,22)(H,23,24). The fourth-order valence-electron chi connectivity index (χ4n) is 2.93. The highest BCUT2D eigenvalue weighted by Gasteiger charge is 2.17. The summed E-state index contributed by atoms with van der Waals surface area (Å²) in [6.07, 6.45) is 4.20. The number of carbonyl (C=O) groups is 2. The van der Waals surface area contributed by atoms with Gasteiger partial charge < -0.3 is 20.9 Å². The maximum Gasteiger partial charge on any atom is 0.252 e. The Morgan fingerprint density at radius 3 is 3.08 bits per heavy atom. The first-order valence-corrected chi connectivity index (χ1v) is 8.07. The lowest BCUT2D eigenvalue weighted by molar-refractivity contribution is -0.114. The van der Waals surface area contributed by atoms with E-state index in [1.165, 1.54) is 11.6 Å². The maximum atomic E-state index is 12.3. The van der Waals surface area contributed by atoms with Gasteiger partial charge in [-0.15, -0.1) is 0 Å². The molecule has 0 aliphatic carbocycles. The van der Waals surface area contributed by atoms with Crippen molar-refractivity contribution in [2.24, 2.45) is 0 Å². The van der Waals surface area contributed by atoms with Crippen LogP contribution in [0.4, 0.5) is 11.5 Å². The average Bonchev–Trinajstić information content (AvgIpc) is 3.04. The van der Waals surface area contributed by atoms with Gasteiger partial charge >= 0.3 is 0 Å². The van der Waals surface area contributed by atoms with Gasteiger partial charge in [0.05, 0.1) is 17.8 Å². The minimum absolute atomic E-state index is 0.147. The average molecular weight is 335 g/mol. The van der Waals surface area contributed by atoms with E-state index in [0.717, 1.165) is 17.5 Å². The van der Waals surface area contributed by atoms with E-state index in [9.17, 15) is 9.59 Å². The largest absolute Gasteiger partial charge is 0.361 e. The number of para-hydroxylation sites is 1. The molecule has 7 heteroatoms. The van der Waals surface area contributed by atoms with E-state index in [1.54, 1.807) is 6.07 Å². The second-order valence-corrected chi connectivity index (χ2v) is 5.89. The number of pyridine rings is 1. The third kappa shape index (κ3) is 3.03. The molecule has 0 bridgehead atoms. The van der Waals surface area contributed by atoms with Gasteiger partial charge in [0.25, 0.3) is 5.91 Å². The smallest absolute Gasteiger partial charge is 0.252 e. The Morgan fingerprint density at radius 1 is 1.28 bits per heavy atom. The van der Waals surface area contributed by atoms with Gasteiger partial charge in [-0.25, -0.2) is 4.98 Å². The van der Waals surface area contributed by atoms with E-state index in [1.807, 2.05) is 24.4 Å². The van der Waals surface area contributed by atoms with Gasteiger partial charge in [-0.1, -0.05) is 18.2 Å².